The van der Waals surface area contributed by atoms with Crippen molar-refractivity contribution in [1.82, 2.24) is 14.3 Å². The van der Waals surface area contributed by atoms with Crippen molar-refractivity contribution in [2.45, 2.75) is 57.9 Å². The van der Waals surface area contributed by atoms with Gasteiger partial charge in [0.2, 0.25) is 11.0 Å². The summed E-state index contributed by atoms with van der Waals surface area (Å²) in [7, 11) is 0. The van der Waals surface area contributed by atoms with Crippen LogP contribution in [-0.4, -0.2) is 45.8 Å². The monoisotopic (exact) mass is 398 g/mol. The van der Waals surface area contributed by atoms with Gasteiger partial charge in [-0.25, -0.2) is 4.98 Å². The van der Waals surface area contributed by atoms with Gasteiger partial charge in [-0.3, -0.25) is 4.79 Å². The van der Waals surface area contributed by atoms with Gasteiger partial charge in [0, 0.05) is 50.1 Å². The van der Waals surface area contributed by atoms with Crippen LogP contribution in [0.25, 0.3) is 0 Å². The average molecular weight is 399 g/mol. The molecule has 4 rings (SSSR count). The molecule has 1 aliphatic heterocycles. The van der Waals surface area contributed by atoms with Gasteiger partial charge in [0.25, 0.3) is 0 Å². The third-order valence-corrected chi connectivity index (χ3v) is 6.94. The first-order valence-corrected chi connectivity index (χ1v) is 11.4. The highest BCUT2D eigenvalue weighted by molar-refractivity contribution is 7.09. The Morgan fingerprint density at radius 2 is 1.96 bits per heavy atom. The van der Waals surface area contributed by atoms with Crippen molar-refractivity contribution < 1.29 is 4.79 Å². The number of aromatic nitrogens is 2. The van der Waals surface area contributed by atoms with Crippen molar-refractivity contribution in [3.8, 4) is 0 Å². The van der Waals surface area contributed by atoms with Gasteiger partial charge >= 0.3 is 0 Å². The molecule has 28 heavy (non-hydrogen) atoms. The summed E-state index contributed by atoms with van der Waals surface area (Å²) in [6, 6.07) is 10.6. The van der Waals surface area contributed by atoms with E-state index in [-0.39, 0.29) is 6.04 Å². The third-order valence-electron chi connectivity index (χ3n) is 6.12. The Hall–Kier alpha value is -1.95. The molecular weight excluding hydrogens is 368 g/mol. The molecule has 0 unspecified atom stereocenters. The molecular formula is C22H30N4OS. The smallest absolute Gasteiger partial charge is 0.222 e. The van der Waals surface area contributed by atoms with Crippen LogP contribution >= 0.6 is 11.5 Å². The van der Waals surface area contributed by atoms with E-state index in [4.69, 9.17) is 4.98 Å². The molecule has 2 heterocycles. The van der Waals surface area contributed by atoms with Gasteiger partial charge in [0.1, 0.15) is 5.82 Å². The third kappa shape index (κ3) is 4.72. The van der Waals surface area contributed by atoms with Crippen molar-refractivity contribution in [3.63, 3.8) is 0 Å². The summed E-state index contributed by atoms with van der Waals surface area (Å²) >= 11 is 1.48. The molecule has 1 aromatic heterocycles. The van der Waals surface area contributed by atoms with Crippen LogP contribution in [0.2, 0.25) is 0 Å². The number of amides is 1. The number of hydrogen-bond acceptors (Lipinski definition) is 5. The minimum atomic E-state index is 0.228. The summed E-state index contributed by atoms with van der Waals surface area (Å²) in [4.78, 5) is 21.8. The predicted octanol–water partition coefficient (Wildman–Crippen LogP) is 4.14. The number of piperazine rings is 1. The first-order chi connectivity index (χ1) is 13.7. The van der Waals surface area contributed by atoms with Crippen molar-refractivity contribution in [2.75, 3.05) is 24.5 Å². The van der Waals surface area contributed by atoms with Crippen LogP contribution in [0, 0.1) is 5.92 Å². The first kappa shape index (κ1) is 19.4. The highest BCUT2D eigenvalue weighted by Gasteiger charge is 2.29. The lowest BCUT2D eigenvalue weighted by molar-refractivity contribution is -0.133. The van der Waals surface area contributed by atoms with Crippen LogP contribution in [-0.2, 0) is 11.2 Å². The lowest BCUT2D eigenvalue weighted by Crippen LogP contribution is -2.54. The number of nitrogens with zero attached hydrogens (tertiary/aromatic N) is 4. The van der Waals surface area contributed by atoms with E-state index >= 15 is 0 Å². The largest absolute Gasteiger partial charge is 0.343 e. The van der Waals surface area contributed by atoms with Gasteiger partial charge in [0.15, 0.2) is 0 Å². The maximum absolute atomic E-state index is 12.7. The van der Waals surface area contributed by atoms with E-state index in [1.165, 1.54) is 42.8 Å². The topological polar surface area (TPSA) is 49.3 Å². The number of carbonyl (C=O) groups excluding carboxylic acids is 1. The van der Waals surface area contributed by atoms with Crippen LogP contribution < -0.4 is 4.90 Å². The number of anilines is 1. The summed E-state index contributed by atoms with van der Waals surface area (Å²) in [6.07, 6.45) is 7.90. The molecule has 0 N–H and O–H groups in total. The molecule has 1 aliphatic carbocycles. The Balaban J connectivity index is 1.29. The molecule has 2 aromatic rings. The van der Waals surface area contributed by atoms with Gasteiger partial charge in [-0.2, -0.15) is 4.37 Å². The quantitative estimate of drug-likeness (QED) is 0.734. The zero-order chi connectivity index (χ0) is 19.3. The van der Waals surface area contributed by atoms with Gasteiger partial charge in [-0.05, 0) is 24.8 Å². The van der Waals surface area contributed by atoms with Crippen molar-refractivity contribution >= 4 is 22.6 Å². The first-order valence-electron chi connectivity index (χ1n) is 10.6. The fraction of sp³-hybridized carbons (Fsp3) is 0.591. The van der Waals surface area contributed by atoms with Crippen LogP contribution in [0.3, 0.4) is 0 Å². The van der Waals surface area contributed by atoms with Crippen LogP contribution in [0.1, 0.15) is 56.8 Å². The second-order valence-corrected chi connectivity index (χ2v) is 8.96. The Morgan fingerprint density at radius 1 is 1.18 bits per heavy atom. The van der Waals surface area contributed by atoms with Crippen LogP contribution in [0.15, 0.2) is 30.3 Å². The van der Waals surface area contributed by atoms with Gasteiger partial charge in [-0.1, -0.05) is 56.0 Å². The van der Waals surface area contributed by atoms with Crippen molar-refractivity contribution in [2.24, 2.45) is 5.92 Å². The predicted molar refractivity (Wildman–Crippen MR) is 114 cm³/mol. The Labute approximate surface area is 171 Å². The van der Waals surface area contributed by atoms with E-state index in [1.54, 1.807) is 0 Å². The molecule has 5 nitrogen and oxygen atoms in total. The lowest BCUT2D eigenvalue weighted by Gasteiger charge is -2.39. The van der Waals surface area contributed by atoms with E-state index < -0.39 is 0 Å². The molecule has 1 saturated carbocycles. The maximum Gasteiger partial charge on any atom is 0.222 e. The molecule has 1 atom stereocenters. The van der Waals surface area contributed by atoms with Crippen LogP contribution in [0.4, 0.5) is 5.13 Å². The zero-order valence-corrected chi connectivity index (χ0v) is 17.5. The molecule has 0 bridgehead atoms. The minimum Gasteiger partial charge on any atom is -0.343 e. The summed E-state index contributed by atoms with van der Waals surface area (Å²) < 4.78 is 4.55. The summed E-state index contributed by atoms with van der Waals surface area (Å²) in [5.74, 6) is 2.00. The van der Waals surface area contributed by atoms with E-state index in [0.29, 0.717) is 5.91 Å². The normalized spacial score (nSPS) is 20.7. The molecule has 0 radical (unpaired) electrons. The Morgan fingerprint density at radius 3 is 2.71 bits per heavy atom. The molecule has 2 fully saturated rings. The Kier molecular flexibility index (Phi) is 6.25. The Bertz CT molecular complexity index is 772. The average Bonchev–Trinajstić information content (AvgIpc) is 3.39. The van der Waals surface area contributed by atoms with Crippen molar-refractivity contribution in [3.05, 3.63) is 41.7 Å². The summed E-state index contributed by atoms with van der Waals surface area (Å²) in [6.45, 7) is 4.64. The fourth-order valence-corrected chi connectivity index (χ4v) is 5.22. The number of carbonyl (C=O) groups is 1. The van der Waals surface area contributed by atoms with E-state index in [0.717, 1.165) is 55.8 Å². The molecule has 150 valence electrons. The fourth-order valence-electron chi connectivity index (χ4n) is 4.50. The van der Waals surface area contributed by atoms with Gasteiger partial charge in [0.05, 0.1) is 0 Å². The molecule has 1 saturated heterocycles. The van der Waals surface area contributed by atoms with Crippen LogP contribution in [0.5, 0.6) is 0 Å². The minimum absolute atomic E-state index is 0.228. The van der Waals surface area contributed by atoms with E-state index in [9.17, 15) is 4.79 Å². The zero-order valence-electron chi connectivity index (χ0n) is 16.7. The number of hydrogen-bond donors (Lipinski definition) is 0. The summed E-state index contributed by atoms with van der Waals surface area (Å²) in [5, 5.41) is 0.982. The second-order valence-electron chi connectivity index (χ2n) is 8.23. The van der Waals surface area contributed by atoms with Gasteiger partial charge < -0.3 is 9.80 Å². The molecule has 2 aliphatic rings. The van der Waals surface area contributed by atoms with Crippen molar-refractivity contribution in [1.29, 1.82) is 0 Å². The van der Waals surface area contributed by atoms with Gasteiger partial charge in [-0.15, -0.1) is 0 Å². The highest BCUT2D eigenvalue weighted by atomic mass is 32.1. The lowest BCUT2D eigenvalue weighted by atomic mass is 10.0. The summed E-state index contributed by atoms with van der Waals surface area (Å²) in [5.41, 5.74) is 1.23. The molecule has 1 amide bonds. The molecule has 1 aromatic carbocycles. The number of rotatable bonds is 6. The SMILES string of the molecule is C[C@@H]1CN(c2nc(Cc3ccccc3)ns2)CCN1C(=O)CCC1CCCC1. The molecule has 0 spiro atoms. The van der Waals surface area contributed by atoms with E-state index in [2.05, 4.69) is 33.2 Å². The second kappa shape index (κ2) is 9.03. The molecule has 6 heteroatoms. The standard InChI is InChI=1S/C22H30N4OS/c1-17-16-25(13-14-26(17)21(27)12-11-18-7-5-6-8-18)22-23-20(24-28-22)15-19-9-3-2-4-10-19/h2-4,9-10,17-18H,5-8,11-16H2,1H3/t17-/m1/s1. The van der Waals surface area contributed by atoms with E-state index in [1.807, 2.05) is 18.2 Å². The maximum atomic E-state index is 12.7. The number of benzene rings is 1. The highest BCUT2D eigenvalue weighted by Crippen LogP contribution is 2.29.